The summed E-state index contributed by atoms with van der Waals surface area (Å²) in [6.45, 7) is 2.08. The Morgan fingerprint density at radius 3 is 2.59 bits per heavy atom. The summed E-state index contributed by atoms with van der Waals surface area (Å²) in [5.41, 5.74) is 0.781. The first-order chi connectivity index (χ1) is 8.13. The lowest BCUT2D eigenvalue weighted by Crippen LogP contribution is -2.27. The van der Waals surface area contributed by atoms with Crippen LogP contribution in [0.1, 0.15) is 16.8 Å². The predicted molar refractivity (Wildman–Crippen MR) is 77.5 cm³/mol. The first-order valence-electron chi connectivity index (χ1n) is 5.59. The van der Waals surface area contributed by atoms with Gasteiger partial charge in [-0.2, -0.15) is 0 Å². The number of rotatable bonds is 7. The number of hydrogen-bond acceptors (Lipinski definition) is 3. The van der Waals surface area contributed by atoms with E-state index in [1.807, 2.05) is 36.2 Å². The van der Waals surface area contributed by atoms with Crippen molar-refractivity contribution in [2.45, 2.75) is 6.42 Å². The fraction of sp³-hybridized carbons (Fsp3) is 0.462. The molecule has 94 valence electrons. The van der Waals surface area contributed by atoms with Crippen molar-refractivity contribution in [2.75, 3.05) is 33.9 Å². The van der Waals surface area contributed by atoms with E-state index < -0.39 is 0 Å². The number of benzene rings is 1. The van der Waals surface area contributed by atoms with Gasteiger partial charge in [-0.05, 0) is 48.2 Å². The maximum Gasteiger partial charge on any atom is 0.176 e. The SMILES string of the molecule is COCCCN(C)CC(=O)c1ccc(I)cc1. The second kappa shape index (κ2) is 7.79. The highest BCUT2D eigenvalue weighted by molar-refractivity contribution is 14.1. The van der Waals surface area contributed by atoms with Crippen LogP contribution in [0.3, 0.4) is 0 Å². The van der Waals surface area contributed by atoms with Gasteiger partial charge in [0.1, 0.15) is 0 Å². The molecular formula is C13H18INO2. The van der Waals surface area contributed by atoms with Gasteiger partial charge in [0.05, 0.1) is 6.54 Å². The van der Waals surface area contributed by atoms with Crippen molar-refractivity contribution in [2.24, 2.45) is 0 Å². The lowest BCUT2D eigenvalue weighted by molar-refractivity contribution is 0.0938. The third kappa shape index (κ3) is 5.61. The molecule has 0 unspecified atom stereocenters. The zero-order valence-corrected chi connectivity index (χ0v) is 12.4. The zero-order chi connectivity index (χ0) is 12.7. The van der Waals surface area contributed by atoms with Crippen LogP contribution in [0.25, 0.3) is 0 Å². The molecule has 1 aromatic carbocycles. The van der Waals surface area contributed by atoms with Crippen LogP contribution < -0.4 is 0 Å². The highest BCUT2D eigenvalue weighted by atomic mass is 127. The van der Waals surface area contributed by atoms with Gasteiger partial charge in [0.25, 0.3) is 0 Å². The molecule has 0 spiro atoms. The number of ketones is 1. The number of carbonyl (C=O) groups excluding carboxylic acids is 1. The van der Waals surface area contributed by atoms with E-state index >= 15 is 0 Å². The largest absolute Gasteiger partial charge is 0.385 e. The van der Waals surface area contributed by atoms with Crippen molar-refractivity contribution in [3.8, 4) is 0 Å². The average Bonchev–Trinajstić information content (AvgIpc) is 2.30. The van der Waals surface area contributed by atoms with Crippen LogP contribution in [0.15, 0.2) is 24.3 Å². The first kappa shape index (κ1) is 14.6. The molecular weight excluding hydrogens is 329 g/mol. The molecule has 0 aliphatic rings. The molecule has 0 fully saturated rings. The van der Waals surface area contributed by atoms with Crippen molar-refractivity contribution in [3.05, 3.63) is 33.4 Å². The topological polar surface area (TPSA) is 29.5 Å². The Bertz CT molecular complexity index is 351. The van der Waals surface area contributed by atoms with Crippen LogP contribution in [0.4, 0.5) is 0 Å². The van der Waals surface area contributed by atoms with E-state index in [0.29, 0.717) is 6.54 Å². The highest BCUT2D eigenvalue weighted by Gasteiger charge is 2.08. The van der Waals surface area contributed by atoms with Gasteiger partial charge < -0.3 is 4.74 Å². The van der Waals surface area contributed by atoms with Gasteiger partial charge in [0, 0.05) is 29.4 Å². The van der Waals surface area contributed by atoms with Gasteiger partial charge in [-0.15, -0.1) is 0 Å². The predicted octanol–water partition coefficient (Wildman–Crippen LogP) is 2.44. The number of carbonyl (C=O) groups is 1. The van der Waals surface area contributed by atoms with Gasteiger partial charge in [0.2, 0.25) is 0 Å². The monoisotopic (exact) mass is 347 g/mol. The van der Waals surface area contributed by atoms with Gasteiger partial charge in [-0.1, -0.05) is 12.1 Å². The number of likely N-dealkylation sites (N-methyl/N-ethyl adjacent to an activating group) is 1. The number of hydrogen-bond donors (Lipinski definition) is 0. The molecule has 0 amide bonds. The molecule has 0 heterocycles. The molecule has 4 heteroatoms. The van der Waals surface area contributed by atoms with E-state index in [9.17, 15) is 4.79 Å². The number of ether oxygens (including phenoxy) is 1. The van der Waals surface area contributed by atoms with Gasteiger partial charge in [0.15, 0.2) is 5.78 Å². The normalized spacial score (nSPS) is 10.8. The van der Waals surface area contributed by atoms with Crippen LogP contribution in [-0.4, -0.2) is 44.5 Å². The van der Waals surface area contributed by atoms with Gasteiger partial charge in [-0.25, -0.2) is 0 Å². The quantitative estimate of drug-likeness (QED) is 0.431. The Labute approximate surface area is 116 Å². The Morgan fingerprint density at radius 1 is 1.35 bits per heavy atom. The molecule has 0 aliphatic carbocycles. The molecule has 17 heavy (non-hydrogen) atoms. The Hall–Kier alpha value is -0.460. The molecule has 0 aromatic heterocycles. The summed E-state index contributed by atoms with van der Waals surface area (Å²) in [7, 11) is 3.65. The molecule has 0 aliphatic heterocycles. The number of Topliss-reactive ketones (excluding diaryl/α,β-unsaturated/α-hetero) is 1. The number of methoxy groups -OCH3 is 1. The summed E-state index contributed by atoms with van der Waals surface area (Å²) in [4.78, 5) is 14.0. The second-order valence-corrected chi connectivity index (χ2v) is 5.26. The van der Waals surface area contributed by atoms with Crippen molar-refractivity contribution in [3.63, 3.8) is 0 Å². The lowest BCUT2D eigenvalue weighted by Gasteiger charge is -2.15. The van der Waals surface area contributed by atoms with E-state index in [0.717, 1.165) is 28.7 Å². The Balaban J connectivity index is 2.40. The third-order valence-corrected chi connectivity index (χ3v) is 3.19. The van der Waals surface area contributed by atoms with Crippen molar-refractivity contribution in [1.82, 2.24) is 4.90 Å². The molecule has 1 aromatic rings. The van der Waals surface area contributed by atoms with E-state index in [1.165, 1.54) is 0 Å². The average molecular weight is 347 g/mol. The van der Waals surface area contributed by atoms with Crippen LogP contribution >= 0.6 is 22.6 Å². The summed E-state index contributed by atoms with van der Waals surface area (Å²) in [5.74, 6) is 0.168. The van der Waals surface area contributed by atoms with E-state index in [1.54, 1.807) is 7.11 Å². The fourth-order valence-corrected chi connectivity index (χ4v) is 1.89. The molecule has 0 bridgehead atoms. The van der Waals surface area contributed by atoms with Crippen LogP contribution in [0, 0.1) is 3.57 Å². The summed E-state index contributed by atoms with van der Waals surface area (Å²) >= 11 is 2.23. The molecule has 0 atom stereocenters. The van der Waals surface area contributed by atoms with Crippen molar-refractivity contribution in [1.29, 1.82) is 0 Å². The standard InChI is InChI=1S/C13H18INO2/c1-15(8-3-9-17-2)10-13(16)11-4-6-12(14)7-5-11/h4-7H,3,8-10H2,1-2H3. The van der Waals surface area contributed by atoms with Gasteiger partial charge in [-0.3, -0.25) is 9.69 Å². The molecule has 0 saturated carbocycles. The maximum absolute atomic E-state index is 11.9. The minimum Gasteiger partial charge on any atom is -0.385 e. The minimum absolute atomic E-state index is 0.168. The summed E-state index contributed by atoms with van der Waals surface area (Å²) in [5, 5.41) is 0. The fourth-order valence-electron chi connectivity index (χ4n) is 1.53. The summed E-state index contributed by atoms with van der Waals surface area (Å²) in [6, 6.07) is 7.68. The minimum atomic E-state index is 0.168. The molecule has 3 nitrogen and oxygen atoms in total. The summed E-state index contributed by atoms with van der Waals surface area (Å²) < 4.78 is 6.13. The van der Waals surface area contributed by atoms with E-state index in [2.05, 4.69) is 22.6 Å². The smallest absolute Gasteiger partial charge is 0.176 e. The van der Waals surface area contributed by atoms with Gasteiger partial charge >= 0.3 is 0 Å². The molecule has 0 N–H and O–H groups in total. The molecule has 1 rings (SSSR count). The van der Waals surface area contributed by atoms with Crippen LogP contribution in [0.2, 0.25) is 0 Å². The zero-order valence-electron chi connectivity index (χ0n) is 10.3. The third-order valence-electron chi connectivity index (χ3n) is 2.47. The highest BCUT2D eigenvalue weighted by Crippen LogP contribution is 2.07. The molecule has 0 radical (unpaired) electrons. The van der Waals surface area contributed by atoms with Crippen molar-refractivity contribution < 1.29 is 9.53 Å². The number of nitrogens with zero attached hydrogens (tertiary/aromatic N) is 1. The first-order valence-corrected chi connectivity index (χ1v) is 6.67. The number of halogens is 1. The second-order valence-electron chi connectivity index (χ2n) is 4.01. The maximum atomic E-state index is 11.9. The molecule has 0 saturated heterocycles. The van der Waals surface area contributed by atoms with E-state index in [4.69, 9.17) is 4.74 Å². The van der Waals surface area contributed by atoms with Crippen LogP contribution in [-0.2, 0) is 4.74 Å². The lowest BCUT2D eigenvalue weighted by atomic mass is 10.1. The Kier molecular flexibility index (Phi) is 6.69. The Morgan fingerprint density at radius 2 is 2.00 bits per heavy atom. The van der Waals surface area contributed by atoms with Crippen molar-refractivity contribution >= 4 is 28.4 Å². The summed E-state index contributed by atoms with van der Waals surface area (Å²) in [6.07, 6.45) is 0.951. The van der Waals surface area contributed by atoms with Crippen LogP contribution in [0.5, 0.6) is 0 Å². The van der Waals surface area contributed by atoms with E-state index in [-0.39, 0.29) is 5.78 Å².